The molecule has 1 amide bonds. The molecule has 1 aliphatic rings. The van der Waals surface area contributed by atoms with E-state index in [-0.39, 0.29) is 11.8 Å². The average Bonchev–Trinajstić information content (AvgIpc) is 2.42. The number of phenolic OH excluding ortho intramolecular Hbond substituents is 1. The number of hydrogen-bond acceptors (Lipinski definition) is 3. The predicted molar refractivity (Wildman–Crippen MR) is 79.6 cm³/mol. The van der Waals surface area contributed by atoms with Crippen molar-refractivity contribution in [3.8, 4) is 5.75 Å². The summed E-state index contributed by atoms with van der Waals surface area (Å²) in [5.74, 6) is 0.475. The highest BCUT2D eigenvalue weighted by molar-refractivity contribution is 5.77. The summed E-state index contributed by atoms with van der Waals surface area (Å²) in [7, 11) is 0. The summed E-state index contributed by atoms with van der Waals surface area (Å²) >= 11 is 0. The maximum atomic E-state index is 11.5. The highest BCUT2D eigenvalue weighted by Gasteiger charge is 2.19. The molecule has 1 atom stereocenters. The van der Waals surface area contributed by atoms with E-state index < -0.39 is 0 Å². The van der Waals surface area contributed by atoms with Crippen LogP contribution in [0.3, 0.4) is 0 Å². The second-order valence-corrected chi connectivity index (χ2v) is 5.73. The largest absolute Gasteiger partial charge is 0.508 e. The molecule has 0 saturated heterocycles. The van der Waals surface area contributed by atoms with Gasteiger partial charge in [0.15, 0.2) is 0 Å². The van der Waals surface area contributed by atoms with E-state index in [1.165, 1.54) is 11.1 Å². The van der Waals surface area contributed by atoms with Gasteiger partial charge < -0.3 is 15.7 Å². The Kier molecular flexibility index (Phi) is 5.01. The van der Waals surface area contributed by atoms with E-state index in [1.54, 1.807) is 6.07 Å². The van der Waals surface area contributed by atoms with Crippen LogP contribution < -0.4 is 10.6 Å². The van der Waals surface area contributed by atoms with Crippen LogP contribution in [0.4, 0.5) is 0 Å². The van der Waals surface area contributed by atoms with Gasteiger partial charge in [-0.05, 0) is 42.5 Å². The van der Waals surface area contributed by atoms with Crippen molar-refractivity contribution in [1.82, 2.24) is 10.6 Å². The third kappa shape index (κ3) is 3.73. The van der Waals surface area contributed by atoms with Crippen molar-refractivity contribution in [3.05, 3.63) is 29.3 Å². The molecule has 1 aromatic carbocycles. The molecular formula is C16H24N2O2. The first-order chi connectivity index (χ1) is 9.58. The normalized spacial score (nSPS) is 17.9. The number of carbonyl (C=O) groups is 1. The van der Waals surface area contributed by atoms with Gasteiger partial charge in [-0.25, -0.2) is 0 Å². The molecule has 110 valence electrons. The van der Waals surface area contributed by atoms with Crippen LogP contribution >= 0.6 is 0 Å². The average molecular weight is 276 g/mol. The van der Waals surface area contributed by atoms with Crippen LogP contribution in [0, 0.1) is 5.92 Å². The molecule has 3 N–H and O–H groups in total. The number of fused-ring (bicyclic) bond motifs is 1. The third-order valence-corrected chi connectivity index (χ3v) is 3.78. The molecule has 0 bridgehead atoms. The van der Waals surface area contributed by atoms with Gasteiger partial charge in [-0.2, -0.15) is 0 Å². The van der Waals surface area contributed by atoms with Crippen molar-refractivity contribution in [1.29, 1.82) is 0 Å². The molecule has 4 nitrogen and oxygen atoms in total. The molecule has 0 radical (unpaired) electrons. The molecule has 0 heterocycles. The molecule has 0 aliphatic heterocycles. The molecule has 1 aliphatic carbocycles. The van der Waals surface area contributed by atoms with Crippen molar-refractivity contribution in [2.24, 2.45) is 5.92 Å². The van der Waals surface area contributed by atoms with Crippen LogP contribution in [0.15, 0.2) is 18.2 Å². The minimum atomic E-state index is 0.0355. The zero-order valence-electron chi connectivity index (χ0n) is 12.3. The van der Waals surface area contributed by atoms with E-state index in [0.717, 1.165) is 25.8 Å². The van der Waals surface area contributed by atoms with E-state index >= 15 is 0 Å². The number of aryl methyl sites for hydroxylation is 1. The summed E-state index contributed by atoms with van der Waals surface area (Å²) in [5.41, 5.74) is 2.52. The summed E-state index contributed by atoms with van der Waals surface area (Å²) in [4.78, 5) is 11.5. The van der Waals surface area contributed by atoms with Crippen LogP contribution in [0.25, 0.3) is 0 Å². The monoisotopic (exact) mass is 276 g/mol. The second-order valence-electron chi connectivity index (χ2n) is 5.73. The van der Waals surface area contributed by atoms with E-state index in [9.17, 15) is 9.90 Å². The van der Waals surface area contributed by atoms with Gasteiger partial charge in [0.2, 0.25) is 5.91 Å². The zero-order valence-corrected chi connectivity index (χ0v) is 12.3. The van der Waals surface area contributed by atoms with Crippen LogP contribution in [-0.2, 0) is 11.2 Å². The molecule has 4 heteroatoms. The fraction of sp³-hybridized carbons (Fsp3) is 0.562. The third-order valence-electron chi connectivity index (χ3n) is 3.78. The first-order valence-corrected chi connectivity index (χ1v) is 7.41. The molecule has 0 saturated carbocycles. The van der Waals surface area contributed by atoms with Gasteiger partial charge in [-0.1, -0.05) is 19.9 Å². The summed E-state index contributed by atoms with van der Waals surface area (Å²) in [5, 5.41) is 15.9. The van der Waals surface area contributed by atoms with Crippen LogP contribution in [-0.4, -0.2) is 24.1 Å². The van der Waals surface area contributed by atoms with Crippen molar-refractivity contribution in [3.63, 3.8) is 0 Å². The van der Waals surface area contributed by atoms with Gasteiger partial charge in [0.05, 0.1) is 0 Å². The fourth-order valence-corrected chi connectivity index (χ4v) is 2.65. The number of rotatable bonds is 5. The summed E-state index contributed by atoms with van der Waals surface area (Å²) in [6.07, 6.45) is 3.27. The zero-order chi connectivity index (χ0) is 14.5. The van der Waals surface area contributed by atoms with E-state index in [4.69, 9.17) is 0 Å². The van der Waals surface area contributed by atoms with Crippen molar-refractivity contribution < 1.29 is 9.90 Å². The molecular weight excluding hydrogens is 252 g/mol. The number of benzene rings is 1. The van der Waals surface area contributed by atoms with Gasteiger partial charge in [-0.15, -0.1) is 0 Å². The molecule has 1 unspecified atom stereocenters. The number of phenols is 1. The topological polar surface area (TPSA) is 61.4 Å². The standard InChI is InChI=1S/C16H24N2O2/c1-11(2)16(20)18-9-8-17-15-5-3-4-12-10-13(19)6-7-14(12)15/h6-7,10-11,15,17,19H,3-5,8-9H2,1-2H3,(H,18,20). The van der Waals surface area contributed by atoms with Gasteiger partial charge in [0.1, 0.15) is 5.75 Å². The van der Waals surface area contributed by atoms with Crippen LogP contribution in [0.5, 0.6) is 5.75 Å². The van der Waals surface area contributed by atoms with Crippen molar-refractivity contribution >= 4 is 5.91 Å². The Bertz CT molecular complexity index is 472. The Morgan fingerprint density at radius 3 is 2.95 bits per heavy atom. The lowest BCUT2D eigenvalue weighted by Crippen LogP contribution is -2.36. The molecule has 1 aromatic rings. The van der Waals surface area contributed by atoms with E-state index in [1.807, 2.05) is 26.0 Å². The van der Waals surface area contributed by atoms with E-state index in [2.05, 4.69) is 10.6 Å². The number of amides is 1. The lowest BCUT2D eigenvalue weighted by Gasteiger charge is -2.26. The summed E-state index contributed by atoms with van der Waals surface area (Å²) in [6.45, 7) is 5.21. The maximum Gasteiger partial charge on any atom is 0.222 e. The smallest absolute Gasteiger partial charge is 0.222 e. The van der Waals surface area contributed by atoms with Gasteiger partial charge in [0.25, 0.3) is 0 Å². The van der Waals surface area contributed by atoms with Gasteiger partial charge in [-0.3, -0.25) is 4.79 Å². The van der Waals surface area contributed by atoms with E-state index in [0.29, 0.717) is 18.3 Å². The van der Waals surface area contributed by atoms with Gasteiger partial charge in [0, 0.05) is 25.0 Å². The number of nitrogens with one attached hydrogen (secondary N) is 2. The summed E-state index contributed by atoms with van der Waals surface area (Å²) < 4.78 is 0. The second kappa shape index (κ2) is 6.75. The maximum absolute atomic E-state index is 11.5. The molecule has 0 spiro atoms. The Morgan fingerprint density at radius 1 is 1.40 bits per heavy atom. The summed E-state index contributed by atoms with van der Waals surface area (Å²) in [6, 6.07) is 5.95. The van der Waals surface area contributed by atoms with Gasteiger partial charge >= 0.3 is 0 Å². The lowest BCUT2D eigenvalue weighted by atomic mass is 9.87. The minimum absolute atomic E-state index is 0.0355. The highest BCUT2D eigenvalue weighted by Crippen LogP contribution is 2.31. The Morgan fingerprint density at radius 2 is 2.20 bits per heavy atom. The van der Waals surface area contributed by atoms with Crippen LogP contribution in [0.2, 0.25) is 0 Å². The molecule has 0 fully saturated rings. The molecule has 20 heavy (non-hydrogen) atoms. The first-order valence-electron chi connectivity index (χ1n) is 7.41. The highest BCUT2D eigenvalue weighted by atomic mass is 16.3. The van der Waals surface area contributed by atoms with Crippen molar-refractivity contribution in [2.75, 3.05) is 13.1 Å². The SMILES string of the molecule is CC(C)C(=O)NCCNC1CCCc2cc(O)ccc21. The Labute approximate surface area is 120 Å². The Balaban J connectivity index is 1.85. The Hall–Kier alpha value is -1.55. The number of aromatic hydroxyl groups is 1. The van der Waals surface area contributed by atoms with Crippen LogP contribution in [0.1, 0.15) is 43.9 Å². The molecule has 0 aromatic heterocycles. The quantitative estimate of drug-likeness (QED) is 0.722. The fourth-order valence-electron chi connectivity index (χ4n) is 2.65. The minimum Gasteiger partial charge on any atom is -0.508 e. The number of carbonyl (C=O) groups excluding carboxylic acids is 1. The van der Waals surface area contributed by atoms with Crippen molar-refractivity contribution in [2.45, 2.75) is 39.2 Å². The predicted octanol–water partition coefficient (Wildman–Crippen LogP) is 2.13. The first kappa shape index (κ1) is 14.9. The molecule has 2 rings (SSSR count). The lowest BCUT2D eigenvalue weighted by molar-refractivity contribution is -0.123. The number of hydrogen-bond donors (Lipinski definition) is 3.